The molecule has 0 bridgehead atoms. The third-order valence-corrected chi connectivity index (χ3v) is 4.64. The van der Waals surface area contributed by atoms with Gasteiger partial charge < -0.3 is 10.1 Å². The molecule has 0 aliphatic carbocycles. The van der Waals surface area contributed by atoms with Crippen molar-refractivity contribution in [2.45, 2.75) is 58.5 Å². The van der Waals surface area contributed by atoms with Gasteiger partial charge in [-0.3, -0.25) is 4.90 Å². The second-order valence-corrected chi connectivity index (χ2v) is 5.73. The van der Waals surface area contributed by atoms with Gasteiger partial charge in [0.1, 0.15) is 0 Å². The van der Waals surface area contributed by atoms with Crippen molar-refractivity contribution in [2.75, 3.05) is 32.8 Å². The Balaban J connectivity index is 2.82. The largest absolute Gasteiger partial charge is 0.379 e. The number of nitrogens with zero attached hydrogens (tertiary/aromatic N) is 1. The average molecular weight is 268 g/mol. The van der Waals surface area contributed by atoms with Crippen molar-refractivity contribution >= 4 is 0 Å². The fraction of sp³-hybridized carbons (Fsp3) is 0.875. The van der Waals surface area contributed by atoms with Crippen molar-refractivity contribution in [3.63, 3.8) is 0 Å². The molecule has 3 nitrogen and oxygen atoms in total. The van der Waals surface area contributed by atoms with Crippen LogP contribution >= 0.6 is 0 Å². The molecule has 1 saturated heterocycles. The SMILES string of the molecule is C=C(CC)CC(NCC)C(C)(CC)N1CCOCC1. The summed E-state index contributed by atoms with van der Waals surface area (Å²) in [5, 5.41) is 3.69. The highest BCUT2D eigenvalue weighted by Gasteiger charge is 2.38. The number of ether oxygens (including phenoxy) is 1. The third kappa shape index (κ3) is 4.30. The molecule has 1 aliphatic heterocycles. The Morgan fingerprint density at radius 3 is 2.42 bits per heavy atom. The molecule has 19 heavy (non-hydrogen) atoms. The van der Waals surface area contributed by atoms with Crippen LogP contribution in [0.25, 0.3) is 0 Å². The predicted molar refractivity (Wildman–Crippen MR) is 82.6 cm³/mol. The second kappa shape index (κ2) is 8.03. The summed E-state index contributed by atoms with van der Waals surface area (Å²) in [7, 11) is 0. The molecule has 1 aliphatic rings. The molecule has 1 fully saturated rings. The number of nitrogens with one attached hydrogen (secondary N) is 1. The van der Waals surface area contributed by atoms with Crippen LogP contribution in [0.3, 0.4) is 0 Å². The number of rotatable bonds is 8. The quantitative estimate of drug-likeness (QED) is 0.685. The Kier molecular flexibility index (Phi) is 7.05. The minimum absolute atomic E-state index is 0.192. The summed E-state index contributed by atoms with van der Waals surface area (Å²) in [6, 6.07) is 0.480. The van der Waals surface area contributed by atoms with Crippen molar-refractivity contribution in [3.8, 4) is 0 Å². The molecule has 0 aromatic rings. The van der Waals surface area contributed by atoms with Crippen LogP contribution in [0, 0.1) is 0 Å². The van der Waals surface area contributed by atoms with E-state index in [4.69, 9.17) is 4.74 Å². The van der Waals surface area contributed by atoms with E-state index < -0.39 is 0 Å². The molecular weight excluding hydrogens is 236 g/mol. The van der Waals surface area contributed by atoms with Crippen LogP contribution in [-0.4, -0.2) is 49.3 Å². The van der Waals surface area contributed by atoms with E-state index in [0.717, 1.165) is 52.1 Å². The molecule has 0 spiro atoms. The van der Waals surface area contributed by atoms with Gasteiger partial charge in [0.05, 0.1) is 13.2 Å². The zero-order valence-corrected chi connectivity index (χ0v) is 13.3. The lowest BCUT2D eigenvalue weighted by Crippen LogP contribution is -2.61. The minimum Gasteiger partial charge on any atom is -0.379 e. The van der Waals surface area contributed by atoms with E-state index >= 15 is 0 Å². The van der Waals surface area contributed by atoms with Crippen LogP contribution in [0.5, 0.6) is 0 Å². The summed E-state index contributed by atoms with van der Waals surface area (Å²) in [5.41, 5.74) is 1.54. The van der Waals surface area contributed by atoms with E-state index in [2.05, 4.69) is 44.5 Å². The molecule has 0 aromatic carbocycles. The van der Waals surface area contributed by atoms with Gasteiger partial charge in [0.15, 0.2) is 0 Å². The third-order valence-electron chi connectivity index (χ3n) is 4.64. The highest BCUT2D eigenvalue weighted by atomic mass is 16.5. The van der Waals surface area contributed by atoms with Gasteiger partial charge in [-0.1, -0.05) is 32.9 Å². The zero-order chi connectivity index (χ0) is 14.3. The van der Waals surface area contributed by atoms with E-state index in [1.165, 1.54) is 5.57 Å². The maximum Gasteiger partial charge on any atom is 0.0594 e. The smallest absolute Gasteiger partial charge is 0.0594 e. The maximum atomic E-state index is 5.50. The molecule has 0 radical (unpaired) electrons. The van der Waals surface area contributed by atoms with Gasteiger partial charge in [0.25, 0.3) is 0 Å². The number of morpholine rings is 1. The standard InChI is InChI=1S/C16H32N2O/c1-6-14(4)13-15(17-8-3)16(5,7-2)18-9-11-19-12-10-18/h15,17H,4,6-13H2,1-3,5H3. The first kappa shape index (κ1) is 16.7. The van der Waals surface area contributed by atoms with Gasteiger partial charge in [-0.05, 0) is 32.7 Å². The Morgan fingerprint density at radius 1 is 1.32 bits per heavy atom. The molecule has 0 aromatic heterocycles. The number of hydrogen-bond donors (Lipinski definition) is 1. The number of likely N-dealkylation sites (N-methyl/N-ethyl adjacent to an activating group) is 1. The van der Waals surface area contributed by atoms with E-state index in [1.807, 2.05) is 0 Å². The molecule has 3 heteroatoms. The van der Waals surface area contributed by atoms with Crippen molar-refractivity contribution in [2.24, 2.45) is 0 Å². The summed E-state index contributed by atoms with van der Waals surface area (Å²) < 4.78 is 5.50. The molecule has 1 heterocycles. The fourth-order valence-corrected chi connectivity index (χ4v) is 2.96. The Labute approximate surface area is 119 Å². The van der Waals surface area contributed by atoms with E-state index in [0.29, 0.717) is 6.04 Å². The second-order valence-electron chi connectivity index (χ2n) is 5.73. The topological polar surface area (TPSA) is 24.5 Å². The van der Waals surface area contributed by atoms with Crippen LogP contribution < -0.4 is 5.32 Å². The lowest BCUT2D eigenvalue weighted by molar-refractivity contribution is -0.0320. The lowest BCUT2D eigenvalue weighted by atomic mass is 9.83. The minimum atomic E-state index is 0.192. The van der Waals surface area contributed by atoms with Gasteiger partial charge in [-0.25, -0.2) is 0 Å². The van der Waals surface area contributed by atoms with Crippen LogP contribution in [0.2, 0.25) is 0 Å². The monoisotopic (exact) mass is 268 g/mol. The van der Waals surface area contributed by atoms with Gasteiger partial charge in [-0.2, -0.15) is 0 Å². The normalized spacial score (nSPS) is 21.9. The van der Waals surface area contributed by atoms with Crippen LogP contribution in [0.15, 0.2) is 12.2 Å². The molecule has 1 N–H and O–H groups in total. The first-order valence-electron chi connectivity index (χ1n) is 7.81. The fourth-order valence-electron chi connectivity index (χ4n) is 2.96. The van der Waals surface area contributed by atoms with Crippen molar-refractivity contribution < 1.29 is 4.74 Å². The van der Waals surface area contributed by atoms with Gasteiger partial charge in [0, 0.05) is 24.7 Å². The highest BCUT2D eigenvalue weighted by Crippen LogP contribution is 2.28. The molecule has 112 valence electrons. The van der Waals surface area contributed by atoms with Gasteiger partial charge >= 0.3 is 0 Å². The molecule has 1 rings (SSSR count). The van der Waals surface area contributed by atoms with Crippen LogP contribution in [-0.2, 0) is 4.74 Å². The summed E-state index contributed by atoms with van der Waals surface area (Å²) >= 11 is 0. The Morgan fingerprint density at radius 2 is 1.95 bits per heavy atom. The molecule has 0 saturated carbocycles. The van der Waals surface area contributed by atoms with E-state index in [1.54, 1.807) is 0 Å². The van der Waals surface area contributed by atoms with E-state index in [-0.39, 0.29) is 5.54 Å². The summed E-state index contributed by atoms with van der Waals surface area (Å²) in [6.45, 7) is 18.1. The predicted octanol–water partition coefficient (Wildman–Crippen LogP) is 2.82. The summed E-state index contributed by atoms with van der Waals surface area (Å²) in [4.78, 5) is 2.60. The zero-order valence-electron chi connectivity index (χ0n) is 13.3. The lowest BCUT2D eigenvalue weighted by Gasteiger charge is -2.48. The van der Waals surface area contributed by atoms with Crippen LogP contribution in [0.1, 0.15) is 47.0 Å². The van der Waals surface area contributed by atoms with Crippen LogP contribution in [0.4, 0.5) is 0 Å². The highest BCUT2D eigenvalue weighted by molar-refractivity contribution is 5.05. The van der Waals surface area contributed by atoms with Crippen molar-refractivity contribution in [1.82, 2.24) is 10.2 Å². The number of hydrogen-bond acceptors (Lipinski definition) is 3. The summed E-state index contributed by atoms with van der Waals surface area (Å²) in [5.74, 6) is 0. The van der Waals surface area contributed by atoms with E-state index in [9.17, 15) is 0 Å². The summed E-state index contributed by atoms with van der Waals surface area (Å²) in [6.07, 6.45) is 3.30. The van der Waals surface area contributed by atoms with Gasteiger partial charge in [0.2, 0.25) is 0 Å². The average Bonchev–Trinajstić information content (AvgIpc) is 2.46. The van der Waals surface area contributed by atoms with Crippen molar-refractivity contribution in [1.29, 1.82) is 0 Å². The molecule has 0 amide bonds. The first-order chi connectivity index (χ1) is 9.08. The molecule has 2 atom stereocenters. The Bertz CT molecular complexity index is 274. The first-order valence-corrected chi connectivity index (χ1v) is 7.81. The van der Waals surface area contributed by atoms with Crippen molar-refractivity contribution in [3.05, 3.63) is 12.2 Å². The molecular formula is C16H32N2O. The van der Waals surface area contributed by atoms with Gasteiger partial charge in [-0.15, -0.1) is 0 Å². The molecule has 2 unspecified atom stereocenters. The Hall–Kier alpha value is -0.380. The maximum absolute atomic E-state index is 5.50.